The summed E-state index contributed by atoms with van der Waals surface area (Å²) in [5, 5.41) is 2.66. The molecule has 1 aliphatic carbocycles. The molecule has 3 aromatic rings. The van der Waals surface area contributed by atoms with Crippen molar-refractivity contribution in [3.05, 3.63) is 89.6 Å². The van der Waals surface area contributed by atoms with E-state index in [1.165, 1.54) is 33.0 Å². The van der Waals surface area contributed by atoms with Crippen LogP contribution >= 0.6 is 0 Å². The van der Waals surface area contributed by atoms with Crippen LogP contribution in [0, 0.1) is 6.42 Å². The quantitative estimate of drug-likeness (QED) is 0.676. The van der Waals surface area contributed by atoms with Gasteiger partial charge in [-0.25, -0.2) is 0 Å². The van der Waals surface area contributed by atoms with E-state index in [9.17, 15) is 0 Å². The van der Waals surface area contributed by atoms with Crippen LogP contribution < -0.4 is 0 Å². The number of hydrogen-bond donors (Lipinski definition) is 1. The van der Waals surface area contributed by atoms with Crippen molar-refractivity contribution in [2.75, 3.05) is 0 Å². The van der Waals surface area contributed by atoms with Gasteiger partial charge in [0.2, 0.25) is 0 Å². The molecule has 1 nitrogen and oxygen atoms in total. The minimum absolute atomic E-state index is 1.19. The Hall–Kier alpha value is -2.54. The molecule has 0 atom stereocenters. The van der Waals surface area contributed by atoms with Gasteiger partial charge in [0.15, 0.2) is 0 Å². The Morgan fingerprint density at radius 1 is 0.850 bits per heavy atom. The van der Waals surface area contributed by atoms with Crippen LogP contribution in [-0.4, -0.2) is 4.98 Å². The molecule has 95 valence electrons. The molecular weight excluding hydrogens is 242 g/mol. The first kappa shape index (κ1) is 11.3. The van der Waals surface area contributed by atoms with Gasteiger partial charge in [-0.15, -0.1) is 0 Å². The molecule has 0 unspecified atom stereocenters. The maximum atomic E-state index is 3.07. The maximum Gasteiger partial charge on any atom is 0.0206 e. The zero-order chi connectivity index (χ0) is 13.4. The zero-order valence-corrected chi connectivity index (χ0v) is 11.0. The Labute approximate surface area is 118 Å². The Kier molecular flexibility index (Phi) is 2.56. The fourth-order valence-corrected chi connectivity index (χ4v) is 2.77. The molecule has 1 heterocycles. The van der Waals surface area contributed by atoms with Crippen LogP contribution in [0.4, 0.5) is 0 Å². The van der Waals surface area contributed by atoms with Gasteiger partial charge in [0.1, 0.15) is 0 Å². The SMILES string of the molecule is [CH]1C(/C=C/c2cc[nH]c2)=Cc2cccc3cccc1c23. The fraction of sp³-hybridized carbons (Fsp3) is 0. The lowest BCUT2D eigenvalue weighted by molar-refractivity contribution is 1.41. The summed E-state index contributed by atoms with van der Waals surface area (Å²) in [6, 6.07) is 15.0. The largest absolute Gasteiger partial charge is 0.367 e. The summed E-state index contributed by atoms with van der Waals surface area (Å²) in [5.41, 5.74) is 5.03. The molecule has 0 amide bonds. The van der Waals surface area contributed by atoms with Gasteiger partial charge in [-0.05, 0) is 39.1 Å². The van der Waals surface area contributed by atoms with Gasteiger partial charge in [-0.2, -0.15) is 0 Å². The molecule has 1 N–H and O–H groups in total. The van der Waals surface area contributed by atoms with Crippen molar-refractivity contribution >= 4 is 22.9 Å². The number of aromatic nitrogens is 1. The highest BCUT2D eigenvalue weighted by molar-refractivity contribution is 5.98. The van der Waals surface area contributed by atoms with Crippen LogP contribution in [0.25, 0.3) is 22.9 Å². The number of aromatic amines is 1. The third-order valence-electron chi connectivity index (χ3n) is 3.70. The van der Waals surface area contributed by atoms with Crippen LogP contribution in [0.15, 0.2) is 66.5 Å². The predicted molar refractivity (Wildman–Crippen MR) is 85.2 cm³/mol. The average molecular weight is 256 g/mol. The zero-order valence-electron chi connectivity index (χ0n) is 11.0. The lowest BCUT2D eigenvalue weighted by Crippen LogP contribution is -1.95. The van der Waals surface area contributed by atoms with E-state index in [1.807, 2.05) is 12.4 Å². The summed E-state index contributed by atoms with van der Waals surface area (Å²) in [5.74, 6) is 0. The molecule has 0 saturated carbocycles. The van der Waals surface area contributed by atoms with Gasteiger partial charge in [-0.3, -0.25) is 0 Å². The van der Waals surface area contributed by atoms with E-state index in [-0.39, 0.29) is 0 Å². The summed E-state index contributed by atoms with van der Waals surface area (Å²) < 4.78 is 0. The van der Waals surface area contributed by atoms with Gasteiger partial charge < -0.3 is 4.98 Å². The van der Waals surface area contributed by atoms with Gasteiger partial charge >= 0.3 is 0 Å². The van der Waals surface area contributed by atoms with E-state index in [0.717, 1.165) is 0 Å². The van der Waals surface area contributed by atoms with Crippen molar-refractivity contribution < 1.29 is 0 Å². The molecule has 1 aliphatic rings. The monoisotopic (exact) mass is 256 g/mol. The molecule has 0 bridgehead atoms. The van der Waals surface area contributed by atoms with Crippen LogP contribution in [-0.2, 0) is 0 Å². The second-order valence-corrected chi connectivity index (χ2v) is 5.06. The molecular formula is C19H14N. The van der Waals surface area contributed by atoms with Crippen LogP contribution in [0.3, 0.4) is 0 Å². The van der Waals surface area contributed by atoms with Crippen LogP contribution in [0.2, 0.25) is 0 Å². The second kappa shape index (κ2) is 4.53. The lowest BCUT2D eigenvalue weighted by atomic mass is 9.89. The number of H-pyrrole nitrogens is 1. The summed E-state index contributed by atoms with van der Waals surface area (Å²) in [6.07, 6.45) is 12.7. The summed E-state index contributed by atoms with van der Waals surface area (Å²) in [4.78, 5) is 3.07. The van der Waals surface area contributed by atoms with E-state index in [1.54, 1.807) is 0 Å². The van der Waals surface area contributed by atoms with Crippen molar-refractivity contribution in [1.82, 2.24) is 4.98 Å². The van der Waals surface area contributed by atoms with Gasteiger partial charge in [0, 0.05) is 18.8 Å². The van der Waals surface area contributed by atoms with E-state index < -0.39 is 0 Å². The molecule has 1 radical (unpaired) electrons. The van der Waals surface area contributed by atoms with Crippen molar-refractivity contribution in [3.8, 4) is 0 Å². The third-order valence-corrected chi connectivity index (χ3v) is 3.70. The molecule has 1 heteroatoms. The number of allylic oxidation sites excluding steroid dienone is 2. The topological polar surface area (TPSA) is 15.8 Å². The molecule has 0 saturated heterocycles. The van der Waals surface area contributed by atoms with Gasteiger partial charge in [-0.1, -0.05) is 54.6 Å². The predicted octanol–water partition coefficient (Wildman–Crippen LogP) is 4.83. The number of nitrogens with one attached hydrogen (secondary N) is 1. The van der Waals surface area contributed by atoms with E-state index >= 15 is 0 Å². The first-order valence-electron chi connectivity index (χ1n) is 6.79. The Bertz CT molecular complexity index is 815. The van der Waals surface area contributed by atoms with Crippen molar-refractivity contribution in [2.45, 2.75) is 0 Å². The second-order valence-electron chi connectivity index (χ2n) is 5.06. The molecule has 0 aliphatic heterocycles. The molecule has 2 aromatic carbocycles. The highest BCUT2D eigenvalue weighted by atomic mass is 14.6. The molecule has 4 rings (SSSR count). The smallest absolute Gasteiger partial charge is 0.0206 e. The molecule has 20 heavy (non-hydrogen) atoms. The highest BCUT2D eigenvalue weighted by Gasteiger charge is 2.11. The van der Waals surface area contributed by atoms with Crippen molar-refractivity contribution in [1.29, 1.82) is 0 Å². The summed E-state index contributed by atoms with van der Waals surface area (Å²) >= 11 is 0. The molecule has 0 spiro atoms. The minimum atomic E-state index is 1.19. The van der Waals surface area contributed by atoms with Crippen molar-refractivity contribution in [3.63, 3.8) is 0 Å². The first-order valence-corrected chi connectivity index (χ1v) is 6.79. The minimum Gasteiger partial charge on any atom is -0.367 e. The summed E-state index contributed by atoms with van der Waals surface area (Å²) in [7, 11) is 0. The van der Waals surface area contributed by atoms with E-state index in [2.05, 4.69) is 72.1 Å². The number of rotatable bonds is 2. The van der Waals surface area contributed by atoms with Gasteiger partial charge in [0.25, 0.3) is 0 Å². The van der Waals surface area contributed by atoms with Gasteiger partial charge in [0.05, 0.1) is 0 Å². The Balaban J connectivity index is 1.78. The Morgan fingerprint density at radius 2 is 1.70 bits per heavy atom. The standard InChI is InChI=1S/C19H14N/c1-3-16-4-2-6-18-12-15(11-17(5-1)19(16)18)8-7-14-9-10-20-13-14/h1-13,20H/b8-7+. The highest BCUT2D eigenvalue weighted by Crippen LogP contribution is 2.32. The fourth-order valence-electron chi connectivity index (χ4n) is 2.77. The van der Waals surface area contributed by atoms with Crippen LogP contribution in [0.1, 0.15) is 16.7 Å². The van der Waals surface area contributed by atoms with E-state index in [4.69, 9.17) is 0 Å². The third kappa shape index (κ3) is 1.88. The Morgan fingerprint density at radius 3 is 2.50 bits per heavy atom. The van der Waals surface area contributed by atoms with E-state index in [0.29, 0.717) is 0 Å². The lowest BCUT2D eigenvalue weighted by Gasteiger charge is -2.15. The normalized spacial score (nSPS) is 13.9. The summed E-state index contributed by atoms with van der Waals surface area (Å²) in [6.45, 7) is 0. The van der Waals surface area contributed by atoms with Crippen LogP contribution in [0.5, 0.6) is 0 Å². The number of hydrogen-bond acceptors (Lipinski definition) is 0. The molecule has 0 fully saturated rings. The molecule has 1 aromatic heterocycles. The maximum absolute atomic E-state index is 3.07. The number of benzene rings is 2. The average Bonchev–Trinajstić information content (AvgIpc) is 2.99. The first-order chi connectivity index (χ1) is 9.90. The van der Waals surface area contributed by atoms with Crippen molar-refractivity contribution in [2.24, 2.45) is 0 Å².